The number of nitrogen functional groups attached to an aromatic ring is 1. The van der Waals surface area contributed by atoms with Gasteiger partial charge in [-0.05, 0) is 48.7 Å². The third kappa shape index (κ3) is 6.58. The Labute approximate surface area is 167 Å². The number of carbonyl (C=O) groups is 2. The molecule has 2 aromatic rings. The molecule has 0 aliphatic heterocycles. The van der Waals surface area contributed by atoms with Crippen LogP contribution in [-0.4, -0.2) is 11.8 Å². The molecule has 0 aliphatic carbocycles. The molecule has 2 amide bonds. The molecule has 5 nitrogen and oxygen atoms in total. The van der Waals surface area contributed by atoms with Crippen LogP contribution in [0.1, 0.15) is 45.1 Å². The van der Waals surface area contributed by atoms with E-state index < -0.39 is 0 Å². The Morgan fingerprint density at radius 2 is 1.61 bits per heavy atom. The first-order valence-electron chi connectivity index (χ1n) is 9.78. The zero-order valence-electron chi connectivity index (χ0n) is 16.6. The fraction of sp³-hybridized carbons (Fsp3) is 0.304. The molecule has 5 heteroatoms. The van der Waals surface area contributed by atoms with E-state index in [2.05, 4.69) is 24.5 Å². The number of anilines is 3. The number of nitrogens with one attached hydrogen (secondary N) is 2. The lowest BCUT2D eigenvalue weighted by Gasteiger charge is -2.15. The zero-order valence-corrected chi connectivity index (χ0v) is 16.6. The monoisotopic (exact) mass is 379 g/mol. The zero-order chi connectivity index (χ0) is 20.4. The number of hydrogen-bond acceptors (Lipinski definition) is 3. The van der Waals surface area contributed by atoms with Crippen LogP contribution >= 0.6 is 0 Å². The van der Waals surface area contributed by atoms with Crippen molar-refractivity contribution in [1.29, 1.82) is 0 Å². The van der Waals surface area contributed by atoms with Crippen molar-refractivity contribution >= 4 is 35.0 Å². The highest BCUT2D eigenvalue weighted by Gasteiger charge is 2.16. The molecule has 0 saturated heterocycles. The van der Waals surface area contributed by atoms with Gasteiger partial charge in [0.15, 0.2) is 0 Å². The van der Waals surface area contributed by atoms with Gasteiger partial charge < -0.3 is 16.4 Å². The smallest absolute Gasteiger partial charge is 0.248 e. The number of rotatable bonds is 9. The first-order chi connectivity index (χ1) is 13.5. The minimum absolute atomic E-state index is 0.0590. The van der Waals surface area contributed by atoms with Crippen LogP contribution < -0.4 is 16.4 Å². The molecule has 0 aliphatic rings. The van der Waals surface area contributed by atoms with Gasteiger partial charge in [0.05, 0.1) is 11.4 Å². The molecule has 2 aromatic carbocycles. The van der Waals surface area contributed by atoms with Crippen molar-refractivity contribution in [1.82, 2.24) is 0 Å². The first-order valence-corrected chi connectivity index (χ1v) is 9.78. The largest absolute Gasteiger partial charge is 0.397 e. The third-order valence-corrected chi connectivity index (χ3v) is 4.47. The third-order valence-electron chi connectivity index (χ3n) is 4.47. The lowest BCUT2D eigenvalue weighted by molar-refractivity contribution is -0.120. The number of nitrogens with two attached hydrogens (primary N) is 1. The predicted octanol–water partition coefficient (Wildman–Crippen LogP) is 5.08. The van der Waals surface area contributed by atoms with Gasteiger partial charge in [-0.3, -0.25) is 9.59 Å². The highest BCUT2D eigenvalue weighted by molar-refractivity contribution is 6.03. The molecule has 0 heterocycles. The van der Waals surface area contributed by atoms with Crippen molar-refractivity contribution in [2.24, 2.45) is 5.92 Å². The van der Waals surface area contributed by atoms with Crippen molar-refractivity contribution in [3.05, 3.63) is 60.2 Å². The van der Waals surface area contributed by atoms with E-state index in [4.69, 9.17) is 5.73 Å². The second kappa shape index (κ2) is 10.9. The molecule has 28 heavy (non-hydrogen) atoms. The predicted molar refractivity (Wildman–Crippen MR) is 117 cm³/mol. The average molecular weight is 380 g/mol. The van der Waals surface area contributed by atoms with Gasteiger partial charge in [0.1, 0.15) is 0 Å². The van der Waals surface area contributed by atoms with Crippen LogP contribution in [0.5, 0.6) is 0 Å². The van der Waals surface area contributed by atoms with E-state index in [0.29, 0.717) is 11.4 Å². The minimum atomic E-state index is -0.253. The molecule has 0 unspecified atom stereocenters. The van der Waals surface area contributed by atoms with E-state index >= 15 is 0 Å². The number of hydrogen-bond donors (Lipinski definition) is 3. The molecule has 148 valence electrons. The summed E-state index contributed by atoms with van der Waals surface area (Å²) in [5.41, 5.74) is 8.56. The van der Waals surface area contributed by atoms with Crippen LogP contribution in [0, 0.1) is 5.92 Å². The quantitative estimate of drug-likeness (QED) is 0.420. The molecule has 2 rings (SSSR count). The molecular formula is C23H29N3O2. The van der Waals surface area contributed by atoms with Crippen LogP contribution in [0.4, 0.5) is 17.1 Å². The first kappa shape index (κ1) is 21.2. The fourth-order valence-electron chi connectivity index (χ4n) is 2.98. The second-order valence-electron chi connectivity index (χ2n) is 6.80. The Kier molecular flexibility index (Phi) is 8.28. The van der Waals surface area contributed by atoms with Crippen molar-refractivity contribution in [3.63, 3.8) is 0 Å². The summed E-state index contributed by atoms with van der Waals surface area (Å²) >= 11 is 0. The summed E-state index contributed by atoms with van der Waals surface area (Å²) in [5.74, 6) is -0.118. The molecule has 0 aromatic heterocycles. The van der Waals surface area contributed by atoms with Gasteiger partial charge in [0.25, 0.3) is 0 Å². The van der Waals surface area contributed by atoms with Gasteiger partial charge in [-0.25, -0.2) is 0 Å². The molecule has 0 fully saturated rings. The topological polar surface area (TPSA) is 84.2 Å². The van der Waals surface area contributed by atoms with Gasteiger partial charge in [-0.2, -0.15) is 0 Å². The lowest BCUT2D eigenvalue weighted by Crippen LogP contribution is -2.22. The van der Waals surface area contributed by atoms with E-state index in [1.807, 2.05) is 36.4 Å². The van der Waals surface area contributed by atoms with Gasteiger partial charge >= 0.3 is 0 Å². The van der Waals surface area contributed by atoms with E-state index in [1.165, 1.54) is 6.08 Å². The molecule has 0 bridgehead atoms. The number of benzene rings is 2. The van der Waals surface area contributed by atoms with Gasteiger partial charge in [0, 0.05) is 17.7 Å². The molecule has 4 N–H and O–H groups in total. The Bertz CT molecular complexity index is 807. The molecule has 0 spiro atoms. The van der Waals surface area contributed by atoms with Gasteiger partial charge in [-0.1, -0.05) is 51.0 Å². The van der Waals surface area contributed by atoms with Crippen molar-refractivity contribution < 1.29 is 9.59 Å². The maximum absolute atomic E-state index is 12.4. The Balaban J connectivity index is 1.93. The molecule has 0 radical (unpaired) electrons. The normalized spacial score (nSPS) is 11.0. The highest BCUT2D eigenvalue weighted by Crippen LogP contribution is 2.18. The van der Waals surface area contributed by atoms with Crippen LogP contribution in [-0.2, 0) is 9.59 Å². The Morgan fingerprint density at radius 3 is 2.21 bits per heavy atom. The molecular weight excluding hydrogens is 350 g/mol. The van der Waals surface area contributed by atoms with Crippen LogP contribution in [0.2, 0.25) is 0 Å². The summed E-state index contributed by atoms with van der Waals surface area (Å²) in [6.45, 7) is 4.19. The van der Waals surface area contributed by atoms with Crippen molar-refractivity contribution in [3.8, 4) is 0 Å². The average Bonchev–Trinajstić information content (AvgIpc) is 2.69. The maximum atomic E-state index is 12.4. The summed E-state index contributed by atoms with van der Waals surface area (Å²) in [5, 5.41) is 5.73. The van der Waals surface area contributed by atoms with Crippen molar-refractivity contribution in [2.75, 3.05) is 16.4 Å². The van der Waals surface area contributed by atoms with E-state index in [9.17, 15) is 9.59 Å². The van der Waals surface area contributed by atoms with E-state index in [1.54, 1.807) is 18.2 Å². The molecule has 0 atom stereocenters. The lowest BCUT2D eigenvalue weighted by atomic mass is 9.97. The minimum Gasteiger partial charge on any atom is -0.397 e. The van der Waals surface area contributed by atoms with E-state index in [0.717, 1.165) is 36.9 Å². The fourth-order valence-corrected chi connectivity index (χ4v) is 2.98. The highest BCUT2D eigenvalue weighted by atomic mass is 16.2. The maximum Gasteiger partial charge on any atom is 0.248 e. The summed E-state index contributed by atoms with van der Waals surface area (Å²) in [7, 11) is 0. The number of para-hydroxylation sites is 2. The van der Waals surface area contributed by atoms with Crippen LogP contribution in [0.25, 0.3) is 6.08 Å². The summed E-state index contributed by atoms with van der Waals surface area (Å²) < 4.78 is 0. The molecule has 0 saturated carbocycles. The van der Waals surface area contributed by atoms with Crippen LogP contribution in [0.3, 0.4) is 0 Å². The SMILES string of the molecule is CCCC(CCC)C(=O)Nc1ccc(C=CC(=O)Nc2ccccc2N)cc1. The van der Waals surface area contributed by atoms with Gasteiger partial charge in [0.2, 0.25) is 11.8 Å². The van der Waals surface area contributed by atoms with E-state index in [-0.39, 0.29) is 17.7 Å². The standard InChI is InChI=1S/C23H29N3O2/c1-3-7-18(8-4-2)23(28)25-19-14-11-17(12-15-19)13-16-22(27)26-21-10-6-5-9-20(21)24/h5-6,9-16,18H,3-4,7-8,24H2,1-2H3,(H,25,28)(H,26,27). The second-order valence-corrected chi connectivity index (χ2v) is 6.80. The number of carbonyl (C=O) groups excluding carboxylic acids is 2. The Hall–Kier alpha value is -3.08. The summed E-state index contributed by atoms with van der Waals surface area (Å²) in [4.78, 5) is 24.4. The summed E-state index contributed by atoms with van der Waals surface area (Å²) in [6, 6.07) is 14.5. The Morgan fingerprint density at radius 1 is 0.964 bits per heavy atom. The van der Waals surface area contributed by atoms with Crippen LogP contribution in [0.15, 0.2) is 54.6 Å². The summed E-state index contributed by atoms with van der Waals surface area (Å²) in [6.07, 6.45) is 6.98. The number of amides is 2. The van der Waals surface area contributed by atoms with Crippen molar-refractivity contribution in [2.45, 2.75) is 39.5 Å². The van der Waals surface area contributed by atoms with Gasteiger partial charge in [-0.15, -0.1) is 0 Å².